The van der Waals surface area contributed by atoms with E-state index in [2.05, 4.69) is 23.5 Å². The van der Waals surface area contributed by atoms with Gasteiger partial charge in [-0.2, -0.15) is 0 Å². The van der Waals surface area contributed by atoms with E-state index in [1.165, 1.54) is 5.56 Å². The van der Waals surface area contributed by atoms with Crippen LogP contribution in [-0.4, -0.2) is 25.2 Å². The Morgan fingerprint density at radius 2 is 1.89 bits per heavy atom. The lowest BCUT2D eigenvalue weighted by Gasteiger charge is -2.22. The molecule has 2 N–H and O–H groups in total. The Hall–Kier alpha value is -3.27. The van der Waals surface area contributed by atoms with Crippen molar-refractivity contribution in [2.75, 3.05) is 14.2 Å². The smallest absolute Gasteiger partial charge is 0.251 e. The molecule has 0 saturated heterocycles. The van der Waals surface area contributed by atoms with Crippen LogP contribution in [0.4, 0.5) is 0 Å². The molecule has 1 atom stereocenters. The summed E-state index contributed by atoms with van der Waals surface area (Å²) in [5.41, 5.74) is 5.70. The summed E-state index contributed by atoms with van der Waals surface area (Å²) < 4.78 is 5.44. The number of aryl methyl sites for hydroxylation is 1. The molecule has 0 heterocycles. The maximum Gasteiger partial charge on any atom is 0.251 e. The Bertz CT molecular complexity index is 1040. The van der Waals surface area contributed by atoms with Crippen LogP contribution in [0, 0.1) is 0 Å². The number of nitrogens with one attached hydrogen (secondary N) is 1. The lowest BCUT2D eigenvalue weighted by atomic mass is 9.83. The number of phenols is 1. The number of hydrogen-bond acceptors (Lipinski definition) is 3. The number of ether oxygens (including phenoxy) is 1. The highest BCUT2D eigenvalue weighted by Gasteiger charge is 2.28. The van der Waals surface area contributed by atoms with E-state index in [9.17, 15) is 9.90 Å². The monoisotopic (exact) mass is 373 g/mol. The molecule has 1 unspecified atom stereocenters. The third-order valence-electron chi connectivity index (χ3n) is 5.54. The first-order chi connectivity index (χ1) is 13.6. The molecule has 0 bridgehead atoms. The zero-order valence-corrected chi connectivity index (χ0v) is 16.0. The first kappa shape index (κ1) is 18.1. The number of aromatic hydroxyl groups is 1. The number of carbonyl (C=O) groups excluding carboxylic acids is 1. The van der Waals surface area contributed by atoms with Crippen molar-refractivity contribution in [3.05, 3.63) is 82.9 Å². The van der Waals surface area contributed by atoms with E-state index in [-0.39, 0.29) is 17.6 Å². The molecule has 3 aromatic rings. The maximum absolute atomic E-state index is 12.6. The molecule has 4 nitrogen and oxygen atoms in total. The van der Waals surface area contributed by atoms with Gasteiger partial charge in [-0.05, 0) is 59.4 Å². The molecule has 28 heavy (non-hydrogen) atoms. The Kier molecular flexibility index (Phi) is 4.78. The van der Waals surface area contributed by atoms with Crippen LogP contribution >= 0.6 is 0 Å². The Morgan fingerprint density at radius 1 is 1.07 bits per heavy atom. The second kappa shape index (κ2) is 7.39. The molecule has 142 valence electrons. The average molecular weight is 373 g/mol. The molecule has 0 spiro atoms. The largest absolute Gasteiger partial charge is 0.507 e. The molecule has 3 aromatic carbocycles. The highest BCUT2D eigenvalue weighted by molar-refractivity contribution is 5.96. The fraction of sp³-hybridized carbons (Fsp3) is 0.208. The van der Waals surface area contributed by atoms with Crippen LogP contribution in [-0.2, 0) is 6.42 Å². The summed E-state index contributed by atoms with van der Waals surface area (Å²) in [7, 11) is 3.26. The first-order valence-electron chi connectivity index (χ1n) is 9.44. The molecule has 4 rings (SSSR count). The summed E-state index contributed by atoms with van der Waals surface area (Å²) in [5.74, 6) is 0.824. The van der Waals surface area contributed by atoms with Crippen LogP contribution in [0.15, 0.2) is 60.7 Å². The minimum atomic E-state index is -0.124. The third-order valence-corrected chi connectivity index (χ3v) is 5.54. The predicted octanol–water partition coefficient (Wildman–Crippen LogP) is 4.51. The summed E-state index contributed by atoms with van der Waals surface area (Å²) in [6.45, 7) is 0. The molecule has 1 amide bonds. The van der Waals surface area contributed by atoms with Crippen LogP contribution in [0.1, 0.15) is 39.4 Å². The number of methoxy groups -OCH3 is 1. The molecular weight excluding hydrogens is 350 g/mol. The molecule has 1 aliphatic rings. The molecular formula is C24H23NO3. The Morgan fingerprint density at radius 3 is 2.68 bits per heavy atom. The van der Waals surface area contributed by atoms with Gasteiger partial charge in [-0.1, -0.05) is 36.4 Å². The van der Waals surface area contributed by atoms with Gasteiger partial charge in [0, 0.05) is 24.1 Å². The van der Waals surface area contributed by atoms with Crippen molar-refractivity contribution in [1.29, 1.82) is 0 Å². The summed E-state index contributed by atoms with van der Waals surface area (Å²) in [5, 5.41) is 13.5. The number of carbonyl (C=O) groups is 1. The number of benzene rings is 3. The molecule has 1 aliphatic carbocycles. The highest BCUT2D eigenvalue weighted by Crippen LogP contribution is 2.46. The van der Waals surface area contributed by atoms with E-state index in [0.29, 0.717) is 11.3 Å². The fourth-order valence-electron chi connectivity index (χ4n) is 4.20. The van der Waals surface area contributed by atoms with E-state index in [4.69, 9.17) is 4.74 Å². The quantitative estimate of drug-likeness (QED) is 0.710. The second-order valence-electron chi connectivity index (χ2n) is 7.02. The molecule has 0 saturated carbocycles. The number of rotatable bonds is 3. The normalized spacial score (nSPS) is 15.1. The van der Waals surface area contributed by atoms with Gasteiger partial charge >= 0.3 is 0 Å². The van der Waals surface area contributed by atoms with Crippen LogP contribution < -0.4 is 10.1 Å². The highest BCUT2D eigenvalue weighted by atomic mass is 16.5. The number of phenolic OH excluding ortho intramolecular Hbond substituents is 1. The minimum absolute atomic E-state index is 0.0306. The van der Waals surface area contributed by atoms with Gasteiger partial charge < -0.3 is 15.2 Å². The lowest BCUT2D eigenvalue weighted by molar-refractivity contribution is 0.0962. The summed E-state index contributed by atoms with van der Waals surface area (Å²) in [4.78, 5) is 12.6. The lowest BCUT2D eigenvalue weighted by Crippen LogP contribution is -2.21. The fourth-order valence-corrected chi connectivity index (χ4v) is 4.20. The summed E-state index contributed by atoms with van der Waals surface area (Å²) in [6.07, 6.45) is 1.70. The summed E-state index contributed by atoms with van der Waals surface area (Å²) in [6, 6.07) is 19.4. The van der Waals surface area contributed by atoms with Crippen LogP contribution in [0.3, 0.4) is 0 Å². The van der Waals surface area contributed by atoms with E-state index in [0.717, 1.165) is 35.1 Å². The molecule has 0 aliphatic heterocycles. The number of hydrogen-bond donors (Lipinski definition) is 2. The van der Waals surface area contributed by atoms with Gasteiger partial charge in [-0.3, -0.25) is 4.79 Å². The first-order valence-corrected chi connectivity index (χ1v) is 9.44. The molecule has 4 heteroatoms. The van der Waals surface area contributed by atoms with Gasteiger partial charge in [0.15, 0.2) is 0 Å². The van der Waals surface area contributed by atoms with Crippen molar-refractivity contribution >= 4 is 5.91 Å². The molecule has 0 aromatic heterocycles. The van der Waals surface area contributed by atoms with Crippen molar-refractivity contribution in [1.82, 2.24) is 5.32 Å². The Labute approximate surface area is 164 Å². The van der Waals surface area contributed by atoms with E-state index in [1.807, 2.05) is 36.4 Å². The van der Waals surface area contributed by atoms with E-state index >= 15 is 0 Å². The number of amides is 1. The van der Waals surface area contributed by atoms with Crippen molar-refractivity contribution in [3.63, 3.8) is 0 Å². The minimum Gasteiger partial charge on any atom is -0.507 e. The van der Waals surface area contributed by atoms with Gasteiger partial charge in [0.05, 0.1) is 7.11 Å². The van der Waals surface area contributed by atoms with Gasteiger partial charge in [0.1, 0.15) is 11.5 Å². The SMILES string of the molecule is CNC(=O)c1ccc(OC)cc1C1CCc2ccccc2-c2c(O)cccc21. The second-order valence-corrected chi connectivity index (χ2v) is 7.02. The van der Waals surface area contributed by atoms with Crippen molar-refractivity contribution < 1.29 is 14.6 Å². The van der Waals surface area contributed by atoms with Crippen LogP contribution in [0.2, 0.25) is 0 Å². The van der Waals surface area contributed by atoms with Gasteiger partial charge in [0.2, 0.25) is 0 Å². The van der Waals surface area contributed by atoms with Crippen molar-refractivity contribution in [2.24, 2.45) is 0 Å². The maximum atomic E-state index is 12.6. The van der Waals surface area contributed by atoms with E-state index < -0.39 is 0 Å². The third kappa shape index (κ3) is 3.01. The zero-order chi connectivity index (χ0) is 19.7. The Balaban J connectivity index is 1.96. The van der Waals surface area contributed by atoms with Crippen LogP contribution in [0.25, 0.3) is 11.1 Å². The standard InChI is InChI=1S/C24H23NO3/c1-25-24(27)20-13-11-16(28-2)14-21(20)18-12-10-15-6-3-4-7-17(15)23-19(18)8-5-9-22(23)26/h3-9,11,13-14,18,26H,10,12H2,1-2H3,(H,25,27). The van der Waals surface area contributed by atoms with Crippen molar-refractivity contribution in [3.8, 4) is 22.6 Å². The van der Waals surface area contributed by atoms with Gasteiger partial charge in [-0.15, -0.1) is 0 Å². The van der Waals surface area contributed by atoms with Gasteiger partial charge in [-0.25, -0.2) is 0 Å². The van der Waals surface area contributed by atoms with E-state index in [1.54, 1.807) is 20.2 Å². The molecule has 0 radical (unpaired) electrons. The zero-order valence-electron chi connectivity index (χ0n) is 16.0. The predicted molar refractivity (Wildman–Crippen MR) is 110 cm³/mol. The van der Waals surface area contributed by atoms with Crippen LogP contribution in [0.5, 0.6) is 11.5 Å². The topological polar surface area (TPSA) is 58.6 Å². The van der Waals surface area contributed by atoms with Gasteiger partial charge in [0.25, 0.3) is 5.91 Å². The summed E-state index contributed by atoms with van der Waals surface area (Å²) >= 11 is 0. The molecule has 0 fully saturated rings. The number of fused-ring (bicyclic) bond motifs is 3. The average Bonchev–Trinajstić information content (AvgIpc) is 2.90. The van der Waals surface area contributed by atoms with Crippen molar-refractivity contribution in [2.45, 2.75) is 18.8 Å².